The number of nitrogens with one attached hydrogen (secondary N) is 1. The average Bonchev–Trinajstić information content (AvgIpc) is 3.11. The summed E-state index contributed by atoms with van der Waals surface area (Å²) < 4.78 is 38.4. The molecule has 2 aromatic carbocycles. The van der Waals surface area contributed by atoms with E-state index in [4.69, 9.17) is 5.11 Å². The lowest BCUT2D eigenvalue weighted by atomic mass is 9.98. The number of sulfonamides is 1. The number of carboxylic acids is 1. The first kappa shape index (κ1) is 21.4. The maximum Gasteiger partial charge on any atom is 0.303 e. The lowest BCUT2D eigenvalue weighted by Crippen LogP contribution is -2.27. The number of hydrogen-bond acceptors (Lipinski definition) is 5. The number of carbonyl (C=O) groups is 2. The molecule has 2 N–H and O–H groups in total. The van der Waals surface area contributed by atoms with Crippen LogP contribution < -0.4 is 4.72 Å². The summed E-state index contributed by atoms with van der Waals surface area (Å²) in [5, 5.41) is 14.5. The molecule has 0 radical (unpaired) electrons. The van der Waals surface area contributed by atoms with Crippen LogP contribution in [0.15, 0.2) is 53.6 Å². The molecule has 0 fully saturated rings. The summed E-state index contributed by atoms with van der Waals surface area (Å²) in [6, 6.07) is 11.7. The molecule has 1 atom stereocenters. The van der Waals surface area contributed by atoms with Crippen molar-refractivity contribution in [2.75, 3.05) is 11.0 Å². The van der Waals surface area contributed by atoms with E-state index in [0.29, 0.717) is 28.9 Å². The molecule has 1 aliphatic heterocycles. The minimum atomic E-state index is -3.40. The van der Waals surface area contributed by atoms with Crippen LogP contribution in [0.4, 0.5) is 10.1 Å². The molecule has 0 unspecified atom stereocenters. The number of anilines is 1. The fourth-order valence-electron chi connectivity index (χ4n) is 3.13. The van der Waals surface area contributed by atoms with Gasteiger partial charge in [-0.2, -0.15) is 5.10 Å². The maximum atomic E-state index is 13.3. The molecule has 0 spiro atoms. The lowest BCUT2D eigenvalue weighted by Gasteiger charge is -2.21. The molecule has 158 valence electrons. The third kappa shape index (κ3) is 5.41. The van der Waals surface area contributed by atoms with E-state index in [1.807, 2.05) is 0 Å². The second-order valence-electron chi connectivity index (χ2n) is 6.90. The SMILES string of the molecule is CS(=O)(=O)Nc1ccc(C2=NN(C(=O)CCC(=O)O)[C@H](c3ccc(F)cc3)C2)cc1. The van der Waals surface area contributed by atoms with Crippen LogP contribution in [-0.2, 0) is 19.6 Å². The first-order chi connectivity index (χ1) is 14.1. The van der Waals surface area contributed by atoms with Gasteiger partial charge in [-0.15, -0.1) is 0 Å². The van der Waals surface area contributed by atoms with Crippen molar-refractivity contribution in [3.05, 3.63) is 65.5 Å². The van der Waals surface area contributed by atoms with E-state index in [9.17, 15) is 22.4 Å². The molecule has 2 aromatic rings. The van der Waals surface area contributed by atoms with Crippen molar-refractivity contribution in [2.45, 2.75) is 25.3 Å². The molecule has 10 heteroatoms. The van der Waals surface area contributed by atoms with E-state index >= 15 is 0 Å². The number of benzene rings is 2. The van der Waals surface area contributed by atoms with E-state index < -0.39 is 33.8 Å². The van der Waals surface area contributed by atoms with E-state index in [-0.39, 0.29) is 12.8 Å². The zero-order valence-electron chi connectivity index (χ0n) is 16.1. The standard InChI is InChI=1S/C20H20FN3O5S/c1-30(28,29)23-16-8-4-13(5-9-16)17-12-18(14-2-6-15(21)7-3-14)24(22-17)19(25)10-11-20(26)27/h2-9,18,23H,10-12H2,1H3,(H,26,27)/t18-/m0/s1. The Kier molecular flexibility index (Phi) is 6.16. The molecule has 1 aliphatic rings. The Morgan fingerprint density at radius 3 is 2.33 bits per heavy atom. The summed E-state index contributed by atoms with van der Waals surface area (Å²) in [6.07, 6.45) is 0.877. The first-order valence-corrected chi connectivity index (χ1v) is 11.0. The molecule has 0 aromatic heterocycles. The molecule has 1 heterocycles. The Morgan fingerprint density at radius 1 is 1.13 bits per heavy atom. The number of aliphatic carboxylic acids is 1. The molecule has 8 nitrogen and oxygen atoms in total. The van der Waals surface area contributed by atoms with Gasteiger partial charge in [0.1, 0.15) is 5.82 Å². The Hall–Kier alpha value is -3.27. The quantitative estimate of drug-likeness (QED) is 0.697. The van der Waals surface area contributed by atoms with Gasteiger partial charge in [0.15, 0.2) is 0 Å². The largest absolute Gasteiger partial charge is 0.481 e. The fraction of sp³-hybridized carbons (Fsp3) is 0.250. The van der Waals surface area contributed by atoms with E-state index in [2.05, 4.69) is 9.82 Å². The van der Waals surface area contributed by atoms with E-state index in [0.717, 1.165) is 6.26 Å². The Labute approximate surface area is 173 Å². The highest BCUT2D eigenvalue weighted by atomic mass is 32.2. The highest BCUT2D eigenvalue weighted by molar-refractivity contribution is 7.92. The first-order valence-electron chi connectivity index (χ1n) is 9.07. The monoisotopic (exact) mass is 433 g/mol. The third-order valence-corrected chi connectivity index (χ3v) is 5.10. The van der Waals surface area contributed by atoms with Gasteiger partial charge in [-0.1, -0.05) is 24.3 Å². The summed E-state index contributed by atoms with van der Waals surface area (Å²) in [5.41, 5.74) is 2.34. The normalized spacial score (nSPS) is 16.3. The number of rotatable bonds is 7. The van der Waals surface area contributed by atoms with Crippen LogP contribution in [0.25, 0.3) is 0 Å². The summed E-state index contributed by atoms with van der Waals surface area (Å²) in [7, 11) is -3.40. The third-order valence-electron chi connectivity index (χ3n) is 4.49. The van der Waals surface area contributed by atoms with Crippen molar-refractivity contribution in [2.24, 2.45) is 5.10 Å². The van der Waals surface area contributed by atoms with E-state index in [1.165, 1.54) is 17.1 Å². The summed E-state index contributed by atoms with van der Waals surface area (Å²) in [5.74, 6) is -1.94. The second kappa shape index (κ2) is 8.62. The van der Waals surface area contributed by atoms with Gasteiger partial charge < -0.3 is 5.11 Å². The van der Waals surface area contributed by atoms with Crippen LogP contribution in [0.3, 0.4) is 0 Å². The molecule has 0 saturated heterocycles. The smallest absolute Gasteiger partial charge is 0.303 e. The van der Waals surface area contributed by atoms with Gasteiger partial charge in [0.05, 0.1) is 24.4 Å². The van der Waals surface area contributed by atoms with Gasteiger partial charge in [0.2, 0.25) is 15.9 Å². The van der Waals surface area contributed by atoms with Crippen molar-refractivity contribution >= 4 is 33.3 Å². The lowest BCUT2D eigenvalue weighted by molar-refractivity contribution is -0.141. The number of hydrazone groups is 1. The van der Waals surface area contributed by atoms with Gasteiger partial charge in [0, 0.05) is 18.5 Å². The van der Waals surface area contributed by atoms with Gasteiger partial charge >= 0.3 is 5.97 Å². The second-order valence-corrected chi connectivity index (χ2v) is 8.65. The Morgan fingerprint density at radius 2 is 1.77 bits per heavy atom. The fourth-order valence-corrected chi connectivity index (χ4v) is 3.70. The zero-order chi connectivity index (χ0) is 21.9. The van der Waals surface area contributed by atoms with Crippen LogP contribution in [0, 0.1) is 5.82 Å². The predicted molar refractivity (Wildman–Crippen MR) is 109 cm³/mol. The van der Waals surface area contributed by atoms with Crippen molar-refractivity contribution in [3.8, 4) is 0 Å². The molecule has 0 aliphatic carbocycles. The zero-order valence-corrected chi connectivity index (χ0v) is 16.9. The highest BCUT2D eigenvalue weighted by Gasteiger charge is 2.33. The molecule has 1 amide bonds. The molecular weight excluding hydrogens is 413 g/mol. The maximum absolute atomic E-state index is 13.3. The molecule has 30 heavy (non-hydrogen) atoms. The topological polar surface area (TPSA) is 116 Å². The molecule has 0 saturated carbocycles. The van der Waals surface area contributed by atoms with Crippen LogP contribution >= 0.6 is 0 Å². The highest BCUT2D eigenvalue weighted by Crippen LogP contribution is 2.33. The van der Waals surface area contributed by atoms with Gasteiger partial charge in [-0.05, 0) is 35.4 Å². The molecule has 0 bridgehead atoms. The minimum absolute atomic E-state index is 0.207. The number of halogens is 1. The number of hydrogen-bond donors (Lipinski definition) is 2. The van der Waals surface area contributed by atoms with Crippen LogP contribution in [0.5, 0.6) is 0 Å². The Balaban J connectivity index is 1.87. The molecular formula is C20H20FN3O5S. The van der Waals surface area contributed by atoms with Gasteiger partial charge in [-0.3, -0.25) is 14.3 Å². The predicted octanol–water partition coefficient (Wildman–Crippen LogP) is 2.74. The average molecular weight is 433 g/mol. The molecule has 3 rings (SSSR count). The van der Waals surface area contributed by atoms with Gasteiger partial charge in [0.25, 0.3) is 0 Å². The summed E-state index contributed by atoms with van der Waals surface area (Å²) >= 11 is 0. The number of carbonyl (C=O) groups excluding carboxylic acids is 1. The number of carboxylic acid groups (broad SMARTS) is 1. The van der Waals surface area contributed by atoms with Crippen molar-refractivity contribution < 1.29 is 27.5 Å². The van der Waals surface area contributed by atoms with Crippen LogP contribution in [0.2, 0.25) is 0 Å². The minimum Gasteiger partial charge on any atom is -0.481 e. The summed E-state index contributed by atoms with van der Waals surface area (Å²) in [6.45, 7) is 0. The number of amides is 1. The van der Waals surface area contributed by atoms with Crippen molar-refractivity contribution in [3.63, 3.8) is 0 Å². The number of nitrogens with zero attached hydrogens (tertiary/aromatic N) is 2. The van der Waals surface area contributed by atoms with Crippen molar-refractivity contribution in [1.82, 2.24) is 5.01 Å². The van der Waals surface area contributed by atoms with Gasteiger partial charge in [-0.25, -0.2) is 17.8 Å². The van der Waals surface area contributed by atoms with Crippen LogP contribution in [0.1, 0.15) is 36.4 Å². The van der Waals surface area contributed by atoms with E-state index in [1.54, 1.807) is 36.4 Å². The summed E-state index contributed by atoms with van der Waals surface area (Å²) in [4.78, 5) is 23.4. The Bertz CT molecular complexity index is 1080. The van der Waals surface area contributed by atoms with Crippen LogP contribution in [-0.4, -0.2) is 42.4 Å². The van der Waals surface area contributed by atoms with Crippen molar-refractivity contribution in [1.29, 1.82) is 0 Å².